The van der Waals surface area contributed by atoms with Gasteiger partial charge in [0.15, 0.2) is 0 Å². The van der Waals surface area contributed by atoms with Crippen molar-refractivity contribution in [2.45, 2.75) is 46.2 Å². The Morgan fingerprint density at radius 1 is 1.21 bits per heavy atom. The summed E-state index contributed by atoms with van der Waals surface area (Å²) in [6.07, 6.45) is 0.878. The Hall–Kier alpha value is -0.930. The van der Waals surface area contributed by atoms with Gasteiger partial charge < -0.3 is 10.6 Å². The van der Waals surface area contributed by atoms with Crippen molar-refractivity contribution in [3.8, 4) is 0 Å². The van der Waals surface area contributed by atoms with E-state index in [1.807, 2.05) is 0 Å². The first kappa shape index (κ1) is 16.1. The average molecular weight is 266 g/mol. The van der Waals surface area contributed by atoms with Crippen molar-refractivity contribution >= 4 is 0 Å². The Balaban J connectivity index is 2.50. The topological polar surface area (TPSA) is 29.3 Å². The molecule has 0 saturated carbocycles. The number of hydrogen-bond acceptors (Lipinski definition) is 2. The van der Waals surface area contributed by atoms with Crippen LogP contribution in [0.3, 0.4) is 0 Å². The standard InChI is InChI=1S/C16H27FN2/c1-12(16(2,3)4)19(5)11-10-15(18)13-6-8-14(17)9-7-13/h6-9,12,15H,10-11,18H2,1-5H3. The van der Waals surface area contributed by atoms with Crippen molar-refractivity contribution in [3.05, 3.63) is 35.6 Å². The van der Waals surface area contributed by atoms with Gasteiger partial charge in [0.2, 0.25) is 0 Å². The molecule has 108 valence electrons. The second-order valence-electron chi connectivity index (χ2n) is 6.47. The molecule has 0 aliphatic rings. The molecule has 2 unspecified atom stereocenters. The smallest absolute Gasteiger partial charge is 0.123 e. The minimum Gasteiger partial charge on any atom is -0.324 e. The van der Waals surface area contributed by atoms with E-state index < -0.39 is 0 Å². The third-order valence-electron chi connectivity index (χ3n) is 4.01. The van der Waals surface area contributed by atoms with Crippen LogP contribution < -0.4 is 5.73 Å². The van der Waals surface area contributed by atoms with Crippen LogP contribution in [-0.2, 0) is 0 Å². The summed E-state index contributed by atoms with van der Waals surface area (Å²) in [6, 6.07) is 6.94. The van der Waals surface area contributed by atoms with Gasteiger partial charge in [0.1, 0.15) is 5.82 Å². The second kappa shape index (κ2) is 6.49. The van der Waals surface area contributed by atoms with Crippen LogP contribution in [-0.4, -0.2) is 24.5 Å². The lowest BCUT2D eigenvalue weighted by Gasteiger charge is -2.35. The maximum Gasteiger partial charge on any atom is 0.123 e. The quantitative estimate of drug-likeness (QED) is 0.882. The third kappa shape index (κ3) is 4.92. The highest BCUT2D eigenvalue weighted by Crippen LogP contribution is 2.24. The molecule has 0 radical (unpaired) electrons. The van der Waals surface area contributed by atoms with Crippen LogP contribution in [0.2, 0.25) is 0 Å². The van der Waals surface area contributed by atoms with Crippen LogP contribution in [0.1, 0.15) is 45.7 Å². The summed E-state index contributed by atoms with van der Waals surface area (Å²) < 4.78 is 12.9. The van der Waals surface area contributed by atoms with E-state index in [0.717, 1.165) is 18.5 Å². The highest BCUT2D eigenvalue weighted by atomic mass is 19.1. The van der Waals surface area contributed by atoms with Crippen molar-refractivity contribution in [2.75, 3.05) is 13.6 Å². The fourth-order valence-electron chi connectivity index (χ4n) is 2.07. The maximum atomic E-state index is 12.9. The van der Waals surface area contributed by atoms with Crippen LogP contribution in [0, 0.1) is 11.2 Å². The first-order valence-electron chi connectivity index (χ1n) is 6.93. The van der Waals surface area contributed by atoms with Gasteiger partial charge in [0, 0.05) is 12.1 Å². The summed E-state index contributed by atoms with van der Waals surface area (Å²) >= 11 is 0. The van der Waals surface area contributed by atoms with Gasteiger partial charge in [-0.15, -0.1) is 0 Å². The van der Waals surface area contributed by atoms with Gasteiger partial charge in [0.25, 0.3) is 0 Å². The SMILES string of the molecule is CC(N(C)CCC(N)c1ccc(F)cc1)C(C)(C)C. The minimum absolute atomic E-state index is 0.0322. The van der Waals surface area contributed by atoms with Gasteiger partial charge in [-0.05, 0) is 50.0 Å². The van der Waals surface area contributed by atoms with Crippen molar-refractivity contribution in [2.24, 2.45) is 11.1 Å². The minimum atomic E-state index is -0.213. The monoisotopic (exact) mass is 266 g/mol. The Labute approximate surface area is 116 Å². The Morgan fingerprint density at radius 3 is 2.21 bits per heavy atom. The molecule has 0 aliphatic heterocycles. The number of benzene rings is 1. The molecule has 0 aliphatic carbocycles. The predicted octanol–water partition coefficient (Wildman–Crippen LogP) is 3.58. The molecular weight excluding hydrogens is 239 g/mol. The van der Waals surface area contributed by atoms with Crippen molar-refractivity contribution in [3.63, 3.8) is 0 Å². The Bertz CT molecular complexity index is 381. The first-order chi connectivity index (χ1) is 8.71. The summed E-state index contributed by atoms with van der Waals surface area (Å²) in [6.45, 7) is 9.91. The second-order valence-corrected chi connectivity index (χ2v) is 6.47. The molecule has 0 heterocycles. The predicted molar refractivity (Wildman–Crippen MR) is 79.5 cm³/mol. The van der Waals surface area contributed by atoms with Crippen LogP contribution in [0.4, 0.5) is 4.39 Å². The summed E-state index contributed by atoms with van der Waals surface area (Å²) in [7, 11) is 2.13. The van der Waals surface area contributed by atoms with Crippen LogP contribution in [0.25, 0.3) is 0 Å². The Kier molecular flexibility index (Phi) is 5.50. The van der Waals surface area contributed by atoms with E-state index in [0.29, 0.717) is 6.04 Å². The zero-order chi connectivity index (χ0) is 14.6. The lowest BCUT2D eigenvalue weighted by atomic mass is 9.87. The molecule has 2 atom stereocenters. The van der Waals surface area contributed by atoms with E-state index in [2.05, 4.69) is 39.6 Å². The molecule has 1 aromatic rings. The van der Waals surface area contributed by atoms with E-state index >= 15 is 0 Å². The van der Waals surface area contributed by atoms with E-state index in [-0.39, 0.29) is 17.3 Å². The average Bonchev–Trinajstić information content (AvgIpc) is 2.34. The molecule has 2 N–H and O–H groups in total. The summed E-state index contributed by atoms with van der Waals surface area (Å²) in [4.78, 5) is 2.34. The zero-order valence-electron chi connectivity index (χ0n) is 12.8. The molecular formula is C16H27FN2. The fraction of sp³-hybridized carbons (Fsp3) is 0.625. The molecule has 0 bridgehead atoms. The van der Waals surface area contributed by atoms with Crippen molar-refractivity contribution < 1.29 is 4.39 Å². The molecule has 0 aromatic heterocycles. The summed E-state index contributed by atoms with van der Waals surface area (Å²) in [5, 5.41) is 0. The van der Waals surface area contributed by atoms with Gasteiger partial charge in [-0.3, -0.25) is 0 Å². The summed E-state index contributed by atoms with van der Waals surface area (Å²) in [5.74, 6) is -0.213. The van der Waals surface area contributed by atoms with Crippen molar-refractivity contribution in [1.29, 1.82) is 0 Å². The van der Waals surface area contributed by atoms with Crippen molar-refractivity contribution in [1.82, 2.24) is 4.90 Å². The molecule has 1 rings (SSSR count). The van der Waals surface area contributed by atoms with Crippen LogP contribution >= 0.6 is 0 Å². The largest absolute Gasteiger partial charge is 0.324 e. The highest BCUT2D eigenvalue weighted by Gasteiger charge is 2.23. The number of hydrogen-bond donors (Lipinski definition) is 1. The van der Waals surface area contributed by atoms with Crippen LogP contribution in [0.5, 0.6) is 0 Å². The normalized spacial score (nSPS) is 15.6. The fourth-order valence-corrected chi connectivity index (χ4v) is 2.07. The van der Waals surface area contributed by atoms with Gasteiger partial charge in [0.05, 0.1) is 0 Å². The molecule has 1 aromatic carbocycles. The molecule has 0 amide bonds. The summed E-state index contributed by atoms with van der Waals surface area (Å²) in [5.41, 5.74) is 7.41. The third-order valence-corrected chi connectivity index (χ3v) is 4.01. The van der Waals surface area contributed by atoms with Gasteiger partial charge in [-0.1, -0.05) is 32.9 Å². The number of halogens is 1. The zero-order valence-corrected chi connectivity index (χ0v) is 12.8. The molecule has 0 spiro atoms. The van der Waals surface area contributed by atoms with Gasteiger partial charge in [-0.25, -0.2) is 4.39 Å². The first-order valence-corrected chi connectivity index (χ1v) is 6.93. The van der Waals surface area contributed by atoms with Crippen LogP contribution in [0.15, 0.2) is 24.3 Å². The molecule has 19 heavy (non-hydrogen) atoms. The lowest BCUT2D eigenvalue weighted by Crippen LogP contribution is -2.40. The molecule has 3 heteroatoms. The maximum absolute atomic E-state index is 12.9. The van der Waals surface area contributed by atoms with E-state index in [1.165, 1.54) is 12.1 Å². The number of rotatable bonds is 5. The van der Waals surface area contributed by atoms with E-state index in [9.17, 15) is 4.39 Å². The van der Waals surface area contributed by atoms with Gasteiger partial charge >= 0.3 is 0 Å². The number of nitrogens with two attached hydrogens (primary N) is 1. The van der Waals surface area contributed by atoms with E-state index in [4.69, 9.17) is 5.73 Å². The van der Waals surface area contributed by atoms with Gasteiger partial charge in [-0.2, -0.15) is 0 Å². The molecule has 0 saturated heterocycles. The molecule has 0 fully saturated rings. The highest BCUT2D eigenvalue weighted by molar-refractivity contribution is 5.19. The van der Waals surface area contributed by atoms with E-state index in [1.54, 1.807) is 12.1 Å². The number of nitrogens with zero attached hydrogens (tertiary/aromatic N) is 1. The lowest BCUT2D eigenvalue weighted by molar-refractivity contribution is 0.137. The molecule has 2 nitrogen and oxygen atoms in total. The Morgan fingerprint density at radius 2 is 1.74 bits per heavy atom.